The minimum absolute atomic E-state index is 0.0907. The Hall–Kier alpha value is -1.81. The van der Waals surface area contributed by atoms with Crippen LogP contribution in [-0.2, 0) is 6.42 Å². The van der Waals surface area contributed by atoms with Crippen molar-refractivity contribution in [3.05, 3.63) is 39.7 Å². The first-order valence-corrected chi connectivity index (χ1v) is 6.32. The summed E-state index contributed by atoms with van der Waals surface area (Å²) in [5.74, 6) is 0.682. The zero-order valence-electron chi connectivity index (χ0n) is 11.5. The van der Waals surface area contributed by atoms with Gasteiger partial charge in [0.1, 0.15) is 17.1 Å². The number of hydrogen-bond donors (Lipinski definition) is 2. The molecule has 3 N–H and O–H groups in total. The van der Waals surface area contributed by atoms with Crippen molar-refractivity contribution in [3.8, 4) is 5.75 Å². The molecule has 0 aliphatic rings. The van der Waals surface area contributed by atoms with Gasteiger partial charge in [0.2, 0.25) is 0 Å². The first-order chi connectivity index (χ1) is 8.78. The van der Waals surface area contributed by atoms with Crippen LogP contribution >= 0.6 is 0 Å². The fraction of sp³-hybridized carbons (Fsp3) is 0.400. The molecule has 2 rings (SSSR count). The number of aromatic hydroxyl groups is 1. The van der Waals surface area contributed by atoms with E-state index in [-0.39, 0.29) is 16.7 Å². The van der Waals surface area contributed by atoms with Crippen LogP contribution < -0.4 is 11.2 Å². The third-order valence-electron chi connectivity index (χ3n) is 3.12. The number of benzene rings is 1. The lowest BCUT2D eigenvalue weighted by Crippen LogP contribution is -2.32. The predicted molar refractivity (Wildman–Crippen MR) is 75.5 cm³/mol. The van der Waals surface area contributed by atoms with Crippen molar-refractivity contribution in [2.75, 3.05) is 0 Å². The molecule has 1 aromatic heterocycles. The molecule has 2 aromatic rings. The lowest BCUT2D eigenvalue weighted by molar-refractivity contribution is 0.445. The standard InChI is InChI=1S/C15H19NO3/c1-9-8-13(18)10-4-5-12(17)11(14(10)19-9)6-7-15(2,3)16/h4-5,8,17H,6-7,16H2,1-3H3. The Bertz CT molecular complexity index is 665. The number of phenolic OH excluding ortho intramolecular Hbond substituents is 1. The molecule has 0 fully saturated rings. The average molecular weight is 261 g/mol. The number of hydrogen-bond acceptors (Lipinski definition) is 4. The Morgan fingerprint density at radius 1 is 1.37 bits per heavy atom. The molecular weight excluding hydrogens is 242 g/mol. The number of rotatable bonds is 3. The van der Waals surface area contributed by atoms with Crippen LogP contribution in [0.4, 0.5) is 0 Å². The molecule has 4 nitrogen and oxygen atoms in total. The summed E-state index contributed by atoms with van der Waals surface area (Å²) in [6.45, 7) is 5.58. The van der Waals surface area contributed by atoms with Gasteiger partial charge in [-0.3, -0.25) is 4.79 Å². The molecule has 19 heavy (non-hydrogen) atoms. The molecule has 0 unspecified atom stereocenters. The van der Waals surface area contributed by atoms with Gasteiger partial charge in [-0.2, -0.15) is 0 Å². The smallest absolute Gasteiger partial charge is 0.192 e. The highest BCUT2D eigenvalue weighted by Crippen LogP contribution is 2.28. The van der Waals surface area contributed by atoms with E-state index in [4.69, 9.17) is 10.2 Å². The second-order valence-electron chi connectivity index (χ2n) is 5.65. The highest BCUT2D eigenvalue weighted by Gasteiger charge is 2.16. The SMILES string of the molecule is Cc1cc(=O)c2ccc(O)c(CCC(C)(C)N)c2o1. The van der Waals surface area contributed by atoms with Crippen LogP contribution in [0.15, 0.2) is 27.4 Å². The second kappa shape index (κ2) is 4.70. The number of fused-ring (bicyclic) bond motifs is 1. The Balaban J connectivity index is 2.58. The van der Waals surface area contributed by atoms with Crippen LogP contribution in [0.25, 0.3) is 11.0 Å². The molecule has 1 aromatic carbocycles. The van der Waals surface area contributed by atoms with E-state index in [1.807, 2.05) is 13.8 Å². The van der Waals surface area contributed by atoms with E-state index < -0.39 is 0 Å². The Kier molecular flexibility index (Phi) is 3.37. The molecular formula is C15H19NO3. The van der Waals surface area contributed by atoms with Crippen molar-refractivity contribution in [2.45, 2.75) is 39.2 Å². The maximum atomic E-state index is 11.9. The van der Waals surface area contributed by atoms with Gasteiger partial charge in [0.05, 0.1) is 5.39 Å². The van der Waals surface area contributed by atoms with E-state index in [9.17, 15) is 9.90 Å². The molecule has 0 amide bonds. The van der Waals surface area contributed by atoms with Gasteiger partial charge < -0.3 is 15.3 Å². The lowest BCUT2D eigenvalue weighted by Gasteiger charge is -2.18. The normalized spacial score (nSPS) is 12.0. The number of nitrogens with two attached hydrogens (primary N) is 1. The average Bonchev–Trinajstić information content (AvgIpc) is 2.25. The largest absolute Gasteiger partial charge is 0.508 e. The van der Waals surface area contributed by atoms with E-state index in [1.54, 1.807) is 13.0 Å². The van der Waals surface area contributed by atoms with Crippen LogP contribution in [0.5, 0.6) is 5.75 Å². The fourth-order valence-electron chi connectivity index (χ4n) is 2.07. The van der Waals surface area contributed by atoms with E-state index in [0.717, 1.165) is 0 Å². The van der Waals surface area contributed by atoms with Crippen LogP contribution in [-0.4, -0.2) is 10.6 Å². The Morgan fingerprint density at radius 2 is 2.05 bits per heavy atom. The summed E-state index contributed by atoms with van der Waals surface area (Å²) in [5.41, 5.74) is 6.65. The minimum Gasteiger partial charge on any atom is -0.508 e. The summed E-state index contributed by atoms with van der Waals surface area (Å²) in [5, 5.41) is 10.5. The third kappa shape index (κ3) is 2.96. The zero-order chi connectivity index (χ0) is 14.2. The first-order valence-electron chi connectivity index (χ1n) is 6.32. The maximum absolute atomic E-state index is 11.9. The first kappa shape index (κ1) is 13.6. The summed E-state index contributed by atoms with van der Waals surface area (Å²) in [4.78, 5) is 11.9. The molecule has 0 radical (unpaired) electrons. The van der Waals surface area contributed by atoms with Crippen molar-refractivity contribution in [3.63, 3.8) is 0 Å². The minimum atomic E-state index is -0.335. The van der Waals surface area contributed by atoms with E-state index in [2.05, 4.69) is 0 Å². The van der Waals surface area contributed by atoms with Crippen molar-refractivity contribution >= 4 is 11.0 Å². The van der Waals surface area contributed by atoms with Crippen LogP contribution in [0.2, 0.25) is 0 Å². The summed E-state index contributed by atoms with van der Waals surface area (Å²) >= 11 is 0. The zero-order valence-corrected chi connectivity index (χ0v) is 11.5. The molecule has 102 valence electrons. The van der Waals surface area contributed by atoms with Gasteiger partial charge in [0, 0.05) is 17.2 Å². The molecule has 0 aliphatic heterocycles. The van der Waals surface area contributed by atoms with Crippen molar-refractivity contribution in [2.24, 2.45) is 5.73 Å². The molecule has 1 heterocycles. The van der Waals surface area contributed by atoms with Gasteiger partial charge in [0.25, 0.3) is 0 Å². The van der Waals surface area contributed by atoms with Gasteiger partial charge in [0.15, 0.2) is 5.43 Å². The third-order valence-corrected chi connectivity index (χ3v) is 3.12. The molecule has 4 heteroatoms. The van der Waals surface area contributed by atoms with Crippen LogP contribution in [0.1, 0.15) is 31.6 Å². The number of aryl methyl sites for hydroxylation is 2. The van der Waals surface area contributed by atoms with Crippen molar-refractivity contribution in [1.29, 1.82) is 0 Å². The monoisotopic (exact) mass is 261 g/mol. The summed E-state index contributed by atoms with van der Waals surface area (Å²) in [6, 6.07) is 4.58. The fourth-order valence-corrected chi connectivity index (χ4v) is 2.07. The molecule has 0 spiro atoms. The highest BCUT2D eigenvalue weighted by molar-refractivity contribution is 5.82. The maximum Gasteiger partial charge on any atom is 0.192 e. The molecule has 0 saturated carbocycles. The van der Waals surface area contributed by atoms with Crippen LogP contribution in [0, 0.1) is 6.92 Å². The summed E-state index contributed by atoms with van der Waals surface area (Å²) in [6.07, 6.45) is 1.26. The summed E-state index contributed by atoms with van der Waals surface area (Å²) in [7, 11) is 0. The number of phenols is 1. The van der Waals surface area contributed by atoms with Gasteiger partial charge in [-0.15, -0.1) is 0 Å². The Morgan fingerprint density at radius 3 is 2.68 bits per heavy atom. The molecule has 0 aliphatic carbocycles. The van der Waals surface area contributed by atoms with Crippen molar-refractivity contribution < 1.29 is 9.52 Å². The second-order valence-corrected chi connectivity index (χ2v) is 5.65. The molecule has 0 saturated heterocycles. The summed E-state index contributed by atoms with van der Waals surface area (Å²) < 4.78 is 5.62. The van der Waals surface area contributed by atoms with Gasteiger partial charge in [-0.05, 0) is 45.7 Å². The van der Waals surface area contributed by atoms with Crippen LogP contribution in [0.3, 0.4) is 0 Å². The van der Waals surface area contributed by atoms with E-state index in [1.165, 1.54) is 12.1 Å². The van der Waals surface area contributed by atoms with E-state index in [0.29, 0.717) is 35.1 Å². The quantitative estimate of drug-likeness (QED) is 0.889. The van der Waals surface area contributed by atoms with Gasteiger partial charge in [-0.1, -0.05) is 0 Å². The molecule has 0 bridgehead atoms. The lowest BCUT2D eigenvalue weighted by atomic mass is 9.95. The van der Waals surface area contributed by atoms with E-state index >= 15 is 0 Å². The molecule has 0 atom stereocenters. The predicted octanol–water partition coefficient (Wildman–Crippen LogP) is 2.48. The van der Waals surface area contributed by atoms with Gasteiger partial charge in [-0.25, -0.2) is 0 Å². The van der Waals surface area contributed by atoms with Gasteiger partial charge >= 0.3 is 0 Å². The highest BCUT2D eigenvalue weighted by atomic mass is 16.3. The Labute approximate surface area is 111 Å². The topological polar surface area (TPSA) is 76.5 Å². The van der Waals surface area contributed by atoms with Crippen molar-refractivity contribution in [1.82, 2.24) is 0 Å².